The van der Waals surface area contributed by atoms with Gasteiger partial charge in [-0.05, 0) is 34.8 Å². The third-order valence-electron chi connectivity index (χ3n) is 2.93. The topological polar surface area (TPSA) is 49.3 Å². The lowest BCUT2D eigenvalue weighted by Gasteiger charge is -2.09. The molecule has 0 bridgehead atoms. The molecule has 2 rings (SSSR count). The summed E-state index contributed by atoms with van der Waals surface area (Å²) < 4.78 is 1.12. The van der Waals surface area contributed by atoms with Crippen LogP contribution in [-0.4, -0.2) is 17.5 Å². The van der Waals surface area contributed by atoms with Crippen LogP contribution >= 0.6 is 62.6 Å². The van der Waals surface area contributed by atoms with Crippen LogP contribution in [0.3, 0.4) is 0 Å². The van der Waals surface area contributed by atoms with Gasteiger partial charge >= 0.3 is 0 Å². The standard InChI is InChI=1S/C15H21BrN4S2.HI/c1-4-17-15(18-6-12-5-11(16)8-21-12)19-7-14-20-13(9-22-14)10(2)3;/h5,8-10H,4,6-7H2,1-3H3,(H2,17,18,19);1H. The van der Waals surface area contributed by atoms with Crippen molar-refractivity contribution in [1.29, 1.82) is 0 Å². The van der Waals surface area contributed by atoms with Crippen LogP contribution in [0.5, 0.6) is 0 Å². The first kappa shape index (κ1) is 20.9. The van der Waals surface area contributed by atoms with Crippen molar-refractivity contribution in [3.05, 3.63) is 36.9 Å². The summed E-state index contributed by atoms with van der Waals surface area (Å²) in [4.78, 5) is 10.5. The van der Waals surface area contributed by atoms with E-state index in [9.17, 15) is 0 Å². The Labute approximate surface area is 171 Å². The van der Waals surface area contributed by atoms with Crippen LogP contribution in [0.15, 0.2) is 26.3 Å². The summed E-state index contributed by atoms with van der Waals surface area (Å²) in [5.41, 5.74) is 1.16. The Balaban J connectivity index is 0.00000264. The minimum atomic E-state index is 0. The van der Waals surface area contributed by atoms with Crippen molar-refractivity contribution in [2.24, 2.45) is 4.99 Å². The number of rotatable bonds is 6. The molecule has 8 heteroatoms. The molecule has 0 aliphatic heterocycles. The highest BCUT2D eigenvalue weighted by Gasteiger charge is 2.06. The summed E-state index contributed by atoms with van der Waals surface area (Å²) in [5.74, 6) is 1.30. The molecule has 128 valence electrons. The summed E-state index contributed by atoms with van der Waals surface area (Å²) in [6.07, 6.45) is 0. The second-order valence-electron chi connectivity index (χ2n) is 5.10. The van der Waals surface area contributed by atoms with Crippen molar-refractivity contribution < 1.29 is 0 Å². The largest absolute Gasteiger partial charge is 0.357 e. The van der Waals surface area contributed by atoms with Crippen LogP contribution in [0.2, 0.25) is 0 Å². The predicted octanol–water partition coefficient (Wildman–Crippen LogP) is 4.96. The molecule has 0 aliphatic carbocycles. The van der Waals surface area contributed by atoms with E-state index in [-0.39, 0.29) is 24.0 Å². The van der Waals surface area contributed by atoms with Crippen molar-refractivity contribution in [3.8, 4) is 0 Å². The zero-order chi connectivity index (χ0) is 15.9. The molecule has 0 spiro atoms. The van der Waals surface area contributed by atoms with E-state index in [0.717, 1.165) is 27.7 Å². The molecule has 23 heavy (non-hydrogen) atoms. The molecule has 0 aliphatic rings. The maximum absolute atomic E-state index is 4.63. The summed E-state index contributed by atoms with van der Waals surface area (Å²) in [7, 11) is 0. The lowest BCUT2D eigenvalue weighted by atomic mass is 10.2. The first-order valence-electron chi connectivity index (χ1n) is 7.28. The van der Waals surface area contributed by atoms with E-state index in [4.69, 9.17) is 0 Å². The lowest BCUT2D eigenvalue weighted by Crippen LogP contribution is -2.36. The van der Waals surface area contributed by atoms with Gasteiger partial charge in [0.15, 0.2) is 5.96 Å². The van der Waals surface area contributed by atoms with Crippen LogP contribution < -0.4 is 10.6 Å². The number of aliphatic imine (C=N–C) groups is 1. The molecule has 0 aromatic carbocycles. The number of halogens is 2. The first-order valence-corrected chi connectivity index (χ1v) is 9.83. The molecule has 4 nitrogen and oxygen atoms in total. The Morgan fingerprint density at radius 1 is 1.30 bits per heavy atom. The zero-order valence-corrected chi connectivity index (χ0v) is 19.0. The van der Waals surface area contributed by atoms with Crippen LogP contribution in [0.4, 0.5) is 0 Å². The molecule has 2 N–H and O–H groups in total. The molecule has 2 aromatic heterocycles. The van der Waals surface area contributed by atoms with E-state index in [1.165, 1.54) is 4.88 Å². The first-order chi connectivity index (χ1) is 10.6. The Bertz CT molecular complexity index is 625. The fourth-order valence-corrected chi connectivity index (χ4v) is 4.04. The Morgan fingerprint density at radius 3 is 2.65 bits per heavy atom. The number of aromatic nitrogens is 1. The Kier molecular flexibility index (Phi) is 9.64. The predicted molar refractivity (Wildman–Crippen MR) is 115 cm³/mol. The van der Waals surface area contributed by atoms with Crippen LogP contribution in [0.1, 0.15) is 42.3 Å². The van der Waals surface area contributed by atoms with E-state index < -0.39 is 0 Å². The molecule has 0 unspecified atom stereocenters. The molecule has 0 amide bonds. The van der Waals surface area contributed by atoms with E-state index in [2.05, 4.69) is 74.1 Å². The highest BCUT2D eigenvalue weighted by atomic mass is 127. The quantitative estimate of drug-likeness (QED) is 0.316. The Morgan fingerprint density at radius 2 is 2.09 bits per heavy atom. The maximum Gasteiger partial charge on any atom is 0.191 e. The van der Waals surface area contributed by atoms with Crippen molar-refractivity contribution in [2.75, 3.05) is 6.54 Å². The zero-order valence-electron chi connectivity index (χ0n) is 13.4. The second kappa shape index (κ2) is 10.6. The molecule has 2 heterocycles. The summed E-state index contributed by atoms with van der Waals surface area (Å²) in [5, 5.41) is 11.9. The van der Waals surface area contributed by atoms with Gasteiger partial charge in [-0.1, -0.05) is 13.8 Å². The number of thiophene rings is 1. The highest BCUT2D eigenvalue weighted by molar-refractivity contribution is 14.0. The summed E-state index contributed by atoms with van der Waals surface area (Å²) in [6.45, 7) is 8.63. The van der Waals surface area contributed by atoms with Gasteiger partial charge in [-0.15, -0.1) is 46.7 Å². The van der Waals surface area contributed by atoms with Crippen LogP contribution in [0, 0.1) is 0 Å². The SMILES string of the molecule is CCNC(=NCc1cc(Br)cs1)NCc1nc(C(C)C)cs1.I. The van der Waals surface area contributed by atoms with Gasteiger partial charge in [0.2, 0.25) is 0 Å². The second-order valence-corrected chi connectivity index (χ2v) is 7.95. The van der Waals surface area contributed by atoms with Gasteiger partial charge in [-0.2, -0.15) is 0 Å². The van der Waals surface area contributed by atoms with E-state index >= 15 is 0 Å². The average molecular weight is 529 g/mol. The number of hydrogen-bond acceptors (Lipinski definition) is 4. The minimum Gasteiger partial charge on any atom is -0.357 e. The van der Waals surface area contributed by atoms with Crippen LogP contribution in [0.25, 0.3) is 0 Å². The normalized spacial score (nSPS) is 11.4. The fraction of sp³-hybridized carbons (Fsp3) is 0.467. The van der Waals surface area contributed by atoms with Gasteiger partial charge in [0, 0.05) is 26.7 Å². The average Bonchev–Trinajstić information content (AvgIpc) is 3.11. The van der Waals surface area contributed by atoms with Crippen molar-refractivity contribution in [2.45, 2.75) is 39.8 Å². The number of guanidine groups is 1. The molecule has 0 radical (unpaired) electrons. The molecule has 0 saturated heterocycles. The number of hydrogen-bond donors (Lipinski definition) is 2. The molecule has 2 aromatic rings. The highest BCUT2D eigenvalue weighted by Crippen LogP contribution is 2.20. The van der Waals surface area contributed by atoms with Crippen molar-refractivity contribution in [1.82, 2.24) is 15.6 Å². The van der Waals surface area contributed by atoms with E-state index in [1.54, 1.807) is 22.7 Å². The maximum atomic E-state index is 4.63. The molecule has 0 saturated carbocycles. The third-order valence-corrected chi connectivity index (χ3v) is 5.48. The van der Waals surface area contributed by atoms with Crippen LogP contribution in [-0.2, 0) is 13.1 Å². The van der Waals surface area contributed by atoms with Gasteiger partial charge in [0.1, 0.15) is 5.01 Å². The third kappa shape index (κ3) is 7.06. The summed E-state index contributed by atoms with van der Waals surface area (Å²) in [6, 6.07) is 2.10. The smallest absolute Gasteiger partial charge is 0.191 e. The minimum absolute atomic E-state index is 0. The van der Waals surface area contributed by atoms with Gasteiger partial charge in [-0.3, -0.25) is 0 Å². The lowest BCUT2D eigenvalue weighted by molar-refractivity contribution is 0.788. The Hall–Kier alpha value is -0.190. The van der Waals surface area contributed by atoms with Crippen molar-refractivity contribution >= 4 is 68.5 Å². The summed E-state index contributed by atoms with van der Waals surface area (Å²) >= 11 is 6.87. The molecule has 0 fully saturated rings. The fourth-order valence-electron chi connectivity index (χ4n) is 1.77. The number of nitrogens with one attached hydrogen (secondary N) is 2. The van der Waals surface area contributed by atoms with Gasteiger partial charge in [0.25, 0.3) is 0 Å². The van der Waals surface area contributed by atoms with Gasteiger partial charge in [-0.25, -0.2) is 9.98 Å². The molecular formula is C15H22BrIN4S2. The monoisotopic (exact) mass is 528 g/mol. The van der Waals surface area contributed by atoms with E-state index in [0.29, 0.717) is 19.0 Å². The number of thiazole rings is 1. The van der Waals surface area contributed by atoms with E-state index in [1.807, 2.05) is 0 Å². The van der Waals surface area contributed by atoms with Gasteiger partial charge < -0.3 is 10.6 Å². The molecular weight excluding hydrogens is 507 g/mol. The van der Waals surface area contributed by atoms with Gasteiger partial charge in [0.05, 0.1) is 18.8 Å². The molecule has 0 atom stereocenters. The number of nitrogens with zero attached hydrogens (tertiary/aromatic N) is 2. The van der Waals surface area contributed by atoms with Crippen molar-refractivity contribution in [3.63, 3.8) is 0 Å².